The first-order valence-corrected chi connectivity index (χ1v) is 11.2. The predicted octanol–water partition coefficient (Wildman–Crippen LogP) is 4.05. The number of aromatic nitrogens is 4. The van der Waals surface area contributed by atoms with E-state index in [1.165, 1.54) is 5.56 Å². The maximum atomic E-state index is 13.0. The van der Waals surface area contributed by atoms with E-state index in [9.17, 15) is 4.79 Å². The number of carbonyl (C=O) groups excluding carboxylic acids is 1. The van der Waals surface area contributed by atoms with Crippen molar-refractivity contribution in [2.75, 3.05) is 13.1 Å². The van der Waals surface area contributed by atoms with E-state index >= 15 is 0 Å². The second-order valence-corrected chi connectivity index (χ2v) is 8.69. The van der Waals surface area contributed by atoms with Crippen LogP contribution in [0.5, 0.6) is 0 Å². The molecule has 1 saturated heterocycles. The monoisotopic (exact) mass is 425 g/mol. The van der Waals surface area contributed by atoms with Crippen molar-refractivity contribution in [1.29, 1.82) is 0 Å². The van der Waals surface area contributed by atoms with Crippen molar-refractivity contribution in [3.63, 3.8) is 0 Å². The minimum atomic E-state index is 0.112. The van der Waals surface area contributed by atoms with Crippen LogP contribution in [0.25, 0.3) is 22.0 Å². The second-order valence-electron chi connectivity index (χ2n) is 8.69. The van der Waals surface area contributed by atoms with Gasteiger partial charge in [-0.25, -0.2) is 0 Å². The normalized spacial score (nSPS) is 15.3. The zero-order chi connectivity index (χ0) is 21.9. The van der Waals surface area contributed by atoms with Crippen LogP contribution in [0.1, 0.15) is 24.1 Å². The highest BCUT2D eigenvalue weighted by Gasteiger charge is 2.25. The summed E-state index contributed by atoms with van der Waals surface area (Å²) in [6.45, 7) is 2.88. The summed E-state index contributed by atoms with van der Waals surface area (Å²) in [5.74, 6) is 0.391. The Bertz CT molecular complexity index is 1230. The van der Waals surface area contributed by atoms with Crippen LogP contribution in [0.15, 0.2) is 67.0 Å². The fourth-order valence-corrected chi connectivity index (χ4v) is 4.50. The molecule has 0 bridgehead atoms. The molecule has 1 aliphatic rings. The average molecular weight is 426 g/mol. The third-order valence-corrected chi connectivity index (χ3v) is 6.32. The highest BCUT2D eigenvalue weighted by atomic mass is 16.1. The van der Waals surface area contributed by atoms with Crippen molar-refractivity contribution >= 4 is 16.7 Å². The Kier molecular flexibility index (Phi) is 5.77. The van der Waals surface area contributed by atoms with Crippen molar-refractivity contribution in [2.24, 2.45) is 13.0 Å². The predicted molar refractivity (Wildman–Crippen MR) is 125 cm³/mol. The molecule has 2 aromatic heterocycles. The van der Waals surface area contributed by atoms with Gasteiger partial charge in [0.2, 0.25) is 0 Å². The van der Waals surface area contributed by atoms with Gasteiger partial charge in [0, 0.05) is 36.7 Å². The molecule has 0 N–H and O–H groups in total. The number of ketones is 1. The molecular weight excluding hydrogens is 398 g/mol. The number of carbonyl (C=O) groups is 1. The van der Waals surface area contributed by atoms with E-state index in [4.69, 9.17) is 0 Å². The molecule has 0 saturated carbocycles. The Morgan fingerprint density at radius 2 is 1.81 bits per heavy atom. The van der Waals surface area contributed by atoms with Gasteiger partial charge in [-0.1, -0.05) is 36.4 Å². The Morgan fingerprint density at radius 3 is 2.56 bits per heavy atom. The molecule has 6 nitrogen and oxygen atoms in total. The minimum Gasteiger partial charge on any atom is -0.299 e. The van der Waals surface area contributed by atoms with Crippen LogP contribution in [0.3, 0.4) is 0 Å². The van der Waals surface area contributed by atoms with Gasteiger partial charge in [0.15, 0.2) is 0 Å². The number of likely N-dealkylation sites (tertiary alicyclic amines) is 1. The maximum Gasteiger partial charge on any atom is 0.142 e. The molecular formula is C26H27N5O. The highest BCUT2D eigenvalue weighted by molar-refractivity contribution is 5.86. The summed E-state index contributed by atoms with van der Waals surface area (Å²) in [5, 5.41) is 13.9. The molecule has 0 radical (unpaired) electrons. The van der Waals surface area contributed by atoms with Gasteiger partial charge in [-0.2, -0.15) is 15.3 Å². The maximum absolute atomic E-state index is 13.0. The van der Waals surface area contributed by atoms with Gasteiger partial charge in [0.05, 0.1) is 23.8 Å². The highest BCUT2D eigenvalue weighted by Crippen LogP contribution is 2.25. The van der Waals surface area contributed by atoms with Gasteiger partial charge >= 0.3 is 0 Å². The molecule has 3 heterocycles. The molecule has 1 fully saturated rings. The number of Topliss-reactive ketones (excluding diaryl/α,β-unsaturated/α-hetero) is 1. The first-order chi connectivity index (χ1) is 15.6. The number of rotatable bonds is 6. The molecule has 5 rings (SSSR count). The van der Waals surface area contributed by atoms with Gasteiger partial charge in [-0.05, 0) is 55.3 Å². The van der Waals surface area contributed by atoms with Crippen molar-refractivity contribution in [2.45, 2.75) is 25.8 Å². The third kappa shape index (κ3) is 4.60. The van der Waals surface area contributed by atoms with Crippen LogP contribution < -0.4 is 0 Å². The molecule has 6 heteroatoms. The molecule has 0 atom stereocenters. The fourth-order valence-electron chi connectivity index (χ4n) is 4.50. The van der Waals surface area contributed by atoms with Crippen LogP contribution in [-0.2, 0) is 24.8 Å². The average Bonchev–Trinajstić information content (AvgIpc) is 3.26. The van der Waals surface area contributed by atoms with Gasteiger partial charge in [-0.3, -0.25) is 14.4 Å². The van der Waals surface area contributed by atoms with Crippen molar-refractivity contribution in [1.82, 2.24) is 24.9 Å². The topological polar surface area (TPSA) is 63.9 Å². The molecule has 0 aliphatic carbocycles. The summed E-state index contributed by atoms with van der Waals surface area (Å²) >= 11 is 0. The van der Waals surface area contributed by atoms with Crippen molar-refractivity contribution in [3.05, 3.63) is 78.2 Å². The Morgan fingerprint density at radius 1 is 1.00 bits per heavy atom. The SMILES string of the molecule is Cn1cc(-c2ccc3nnc(CC(=O)C4CCN(Cc5ccccc5)CC4)cc3c2)cn1. The van der Waals surface area contributed by atoms with Crippen LogP contribution >= 0.6 is 0 Å². The first kappa shape index (κ1) is 20.5. The summed E-state index contributed by atoms with van der Waals surface area (Å²) in [5.41, 5.74) is 5.06. The lowest BCUT2D eigenvalue weighted by molar-refractivity contribution is -0.123. The number of fused-ring (bicyclic) bond motifs is 1. The summed E-state index contributed by atoms with van der Waals surface area (Å²) in [6.07, 6.45) is 6.02. The Balaban J connectivity index is 1.22. The van der Waals surface area contributed by atoms with Gasteiger partial charge in [0.25, 0.3) is 0 Å². The van der Waals surface area contributed by atoms with Crippen LogP contribution in [0.4, 0.5) is 0 Å². The van der Waals surface area contributed by atoms with Crippen molar-refractivity contribution in [3.8, 4) is 11.1 Å². The standard InChI is InChI=1S/C26H27N5O/c1-30-18-23(16-27-30)21-7-8-25-22(13-21)14-24(28-29-25)15-26(32)20-9-11-31(12-10-20)17-19-5-3-2-4-6-19/h2-8,13-14,16,18,20H,9-12,15,17H2,1H3. The first-order valence-electron chi connectivity index (χ1n) is 11.2. The molecule has 0 amide bonds. The molecule has 1 aliphatic heterocycles. The summed E-state index contributed by atoms with van der Waals surface area (Å²) in [6, 6.07) is 18.6. The zero-order valence-corrected chi connectivity index (χ0v) is 18.3. The summed E-state index contributed by atoms with van der Waals surface area (Å²) < 4.78 is 1.79. The number of hydrogen-bond acceptors (Lipinski definition) is 5. The third-order valence-electron chi connectivity index (χ3n) is 6.32. The number of aryl methyl sites for hydroxylation is 1. The zero-order valence-electron chi connectivity index (χ0n) is 18.3. The number of benzene rings is 2. The van der Waals surface area contributed by atoms with Gasteiger partial charge in [0.1, 0.15) is 5.78 Å². The summed E-state index contributed by atoms with van der Waals surface area (Å²) in [7, 11) is 1.91. The molecule has 4 aromatic rings. The largest absolute Gasteiger partial charge is 0.299 e. The van der Waals surface area contributed by atoms with E-state index in [1.807, 2.05) is 43.7 Å². The number of hydrogen-bond donors (Lipinski definition) is 0. The van der Waals surface area contributed by atoms with E-state index in [2.05, 4.69) is 50.5 Å². The van der Waals surface area contributed by atoms with Crippen molar-refractivity contribution < 1.29 is 4.79 Å². The number of piperidine rings is 1. The molecule has 0 unspecified atom stereocenters. The lowest BCUT2D eigenvalue weighted by Crippen LogP contribution is -2.36. The Hall–Kier alpha value is -3.38. The molecule has 2 aromatic carbocycles. The molecule has 162 valence electrons. The van der Waals surface area contributed by atoms with E-state index in [0.717, 1.165) is 60.2 Å². The van der Waals surface area contributed by atoms with Gasteiger partial charge < -0.3 is 0 Å². The van der Waals surface area contributed by atoms with E-state index < -0.39 is 0 Å². The Labute approximate surface area is 187 Å². The lowest BCUT2D eigenvalue weighted by Gasteiger charge is -2.31. The molecule has 32 heavy (non-hydrogen) atoms. The van der Waals surface area contributed by atoms with E-state index in [1.54, 1.807) is 4.68 Å². The second kappa shape index (κ2) is 9.01. The van der Waals surface area contributed by atoms with E-state index in [-0.39, 0.29) is 11.7 Å². The van der Waals surface area contributed by atoms with Crippen LogP contribution in [-0.4, -0.2) is 43.8 Å². The van der Waals surface area contributed by atoms with Gasteiger partial charge in [-0.15, -0.1) is 0 Å². The lowest BCUT2D eigenvalue weighted by atomic mass is 9.90. The number of nitrogens with zero attached hydrogens (tertiary/aromatic N) is 5. The summed E-state index contributed by atoms with van der Waals surface area (Å²) in [4.78, 5) is 15.4. The van der Waals surface area contributed by atoms with E-state index in [0.29, 0.717) is 6.42 Å². The quantitative estimate of drug-likeness (QED) is 0.466. The fraction of sp³-hybridized carbons (Fsp3) is 0.308. The van der Waals surface area contributed by atoms with Crippen LogP contribution in [0.2, 0.25) is 0 Å². The minimum absolute atomic E-state index is 0.112. The van der Waals surface area contributed by atoms with Crippen LogP contribution in [0, 0.1) is 5.92 Å². The molecule has 0 spiro atoms. The smallest absolute Gasteiger partial charge is 0.142 e.